The summed E-state index contributed by atoms with van der Waals surface area (Å²) >= 11 is 0. The van der Waals surface area contributed by atoms with E-state index in [4.69, 9.17) is 10.8 Å². The molecular weight excluding hydrogens is 190 g/mol. The molecule has 0 unspecified atom stereocenters. The zero-order valence-electron chi connectivity index (χ0n) is 8.94. The number of carboxylic acid groups (broad SMARTS) is 1. The molecule has 0 heterocycles. The molecule has 1 aromatic carbocycles. The summed E-state index contributed by atoms with van der Waals surface area (Å²) in [7, 11) is 0. The minimum Gasteiger partial charge on any atom is -0.480 e. The summed E-state index contributed by atoms with van der Waals surface area (Å²) in [4.78, 5) is 10.6. The summed E-state index contributed by atoms with van der Waals surface area (Å²) < 4.78 is 0. The Morgan fingerprint density at radius 2 is 2.13 bits per heavy atom. The minimum absolute atomic E-state index is 0.396. The number of carboxylic acids is 1. The first kappa shape index (κ1) is 11.7. The molecule has 0 aliphatic heterocycles. The Kier molecular flexibility index (Phi) is 4.31. The van der Waals surface area contributed by atoms with Crippen molar-refractivity contribution in [3.05, 3.63) is 35.4 Å². The lowest BCUT2D eigenvalue weighted by Gasteiger charge is -2.07. The molecule has 3 N–H and O–H groups in total. The summed E-state index contributed by atoms with van der Waals surface area (Å²) in [6.07, 6.45) is 2.51. The summed E-state index contributed by atoms with van der Waals surface area (Å²) in [5.41, 5.74) is 7.71. The molecule has 0 aliphatic rings. The third kappa shape index (κ3) is 3.72. The molecule has 0 amide bonds. The van der Waals surface area contributed by atoms with Gasteiger partial charge in [0.25, 0.3) is 0 Å². The van der Waals surface area contributed by atoms with E-state index in [1.54, 1.807) is 0 Å². The monoisotopic (exact) mass is 207 g/mol. The number of nitrogens with two attached hydrogens (primary N) is 1. The van der Waals surface area contributed by atoms with Crippen LogP contribution in [0.25, 0.3) is 0 Å². The van der Waals surface area contributed by atoms with Gasteiger partial charge in [-0.2, -0.15) is 0 Å². The van der Waals surface area contributed by atoms with Crippen LogP contribution in [0.5, 0.6) is 0 Å². The maximum Gasteiger partial charge on any atom is 0.320 e. The zero-order chi connectivity index (χ0) is 11.3. The fraction of sp³-hybridized carbons (Fsp3) is 0.417. The quantitative estimate of drug-likeness (QED) is 0.770. The summed E-state index contributed by atoms with van der Waals surface area (Å²) in [6, 6.07) is 7.16. The van der Waals surface area contributed by atoms with Crippen molar-refractivity contribution in [1.82, 2.24) is 0 Å². The largest absolute Gasteiger partial charge is 0.480 e. The maximum absolute atomic E-state index is 10.6. The van der Waals surface area contributed by atoms with E-state index in [-0.39, 0.29) is 0 Å². The van der Waals surface area contributed by atoms with E-state index >= 15 is 0 Å². The average Bonchev–Trinajstić information content (AvgIpc) is 2.18. The summed E-state index contributed by atoms with van der Waals surface area (Å²) in [5, 5.41) is 8.69. The number of rotatable bonds is 5. The molecule has 0 fully saturated rings. The van der Waals surface area contributed by atoms with Gasteiger partial charge in [-0.1, -0.05) is 37.6 Å². The molecule has 0 saturated carbocycles. The molecular formula is C12H17NO2. The molecule has 1 rings (SSSR count). The van der Waals surface area contributed by atoms with Crippen molar-refractivity contribution in [3.63, 3.8) is 0 Å². The summed E-state index contributed by atoms with van der Waals surface area (Å²) in [6.45, 7) is 2.12. The van der Waals surface area contributed by atoms with Crippen molar-refractivity contribution >= 4 is 5.97 Å². The van der Waals surface area contributed by atoms with Gasteiger partial charge in [0.2, 0.25) is 0 Å². The van der Waals surface area contributed by atoms with Crippen LogP contribution in [0.2, 0.25) is 0 Å². The second-order valence-corrected chi connectivity index (χ2v) is 3.72. The fourth-order valence-electron chi connectivity index (χ4n) is 1.54. The van der Waals surface area contributed by atoms with E-state index in [2.05, 4.69) is 13.0 Å². The lowest BCUT2D eigenvalue weighted by atomic mass is 10.0. The molecule has 0 spiro atoms. The molecule has 1 aromatic rings. The van der Waals surface area contributed by atoms with Gasteiger partial charge in [0.15, 0.2) is 0 Å². The van der Waals surface area contributed by atoms with Crippen LogP contribution in [0.15, 0.2) is 24.3 Å². The lowest BCUT2D eigenvalue weighted by Crippen LogP contribution is -2.32. The molecule has 3 nitrogen and oxygen atoms in total. The van der Waals surface area contributed by atoms with Crippen LogP contribution in [0.3, 0.4) is 0 Å². The number of hydrogen-bond donors (Lipinski definition) is 2. The van der Waals surface area contributed by atoms with Crippen LogP contribution in [-0.2, 0) is 17.6 Å². The molecule has 82 valence electrons. The number of benzene rings is 1. The van der Waals surface area contributed by atoms with Crippen molar-refractivity contribution in [1.29, 1.82) is 0 Å². The van der Waals surface area contributed by atoms with Crippen LogP contribution in [0, 0.1) is 0 Å². The van der Waals surface area contributed by atoms with Crippen LogP contribution in [0.4, 0.5) is 0 Å². The van der Waals surface area contributed by atoms with Gasteiger partial charge in [0.1, 0.15) is 6.04 Å². The number of aryl methyl sites for hydroxylation is 1. The van der Waals surface area contributed by atoms with E-state index in [0.717, 1.165) is 18.4 Å². The van der Waals surface area contributed by atoms with Crippen LogP contribution in [0.1, 0.15) is 24.5 Å². The van der Waals surface area contributed by atoms with Gasteiger partial charge in [-0.25, -0.2) is 0 Å². The van der Waals surface area contributed by atoms with Gasteiger partial charge in [0, 0.05) is 0 Å². The van der Waals surface area contributed by atoms with Gasteiger partial charge in [0.05, 0.1) is 0 Å². The Morgan fingerprint density at radius 3 is 2.73 bits per heavy atom. The van der Waals surface area contributed by atoms with Crippen molar-refractivity contribution < 1.29 is 9.90 Å². The van der Waals surface area contributed by atoms with Crippen LogP contribution >= 0.6 is 0 Å². The number of aliphatic carboxylic acids is 1. The van der Waals surface area contributed by atoms with E-state index in [9.17, 15) is 4.79 Å². The normalized spacial score (nSPS) is 12.4. The van der Waals surface area contributed by atoms with Gasteiger partial charge >= 0.3 is 5.97 Å². The first-order valence-corrected chi connectivity index (χ1v) is 5.19. The zero-order valence-corrected chi connectivity index (χ0v) is 8.94. The molecule has 0 radical (unpaired) electrons. The standard InChI is InChI=1S/C12H17NO2/c1-2-4-9-5-3-6-10(7-9)8-11(13)12(14)15/h3,5-7,11H,2,4,8,13H2,1H3,(H,14,15)/t11-/m0/s1. The van der Waals surface area contributed by atoms with Crippen LogP contribution < -0.4 is 5.73 Å². The number of hydrogen-bond acceptors (Lipinski definition) is 2. The van der Waals surface area contributed by atoms with Crippen molar-refractivity contribution in [2.75, 3.05) is 0 Å². The molecule has 1 atom stereocenters. The maximum atomic E-state index is 10.6. The van der Waals surface area contributed by atoms with E-state index in [0.29, 0.717) is 6.42 Å². The highest BCUT2D eigenvalue weighted by Gasteiger charge is 2.11. The topological polar surface area (TPSA) is 63.3 Å². The smallest absolute Gasteiger partial charge is 0.320 e. The Balaban J connectivity index is 2.68. The van der Waals surface area contributed by atoms with Crippen molar-refractivity contribution in [2.45, 2.75) is 32.2 Å². The predicted molar refractivity (Wildman–Crippen MR) is 59.8 cm³/mol. The Bertz CT molecular complexity index is 336. The first-order valence-electron chi connectivity index (χ1n) is 5.19. The van der Waals surface area contributed by atoms with Crippen LogP contribution in [-0.4, -0.2) is 17.1 Å². The second-order valence-electron chi connectivity index (χ2n) is 3.72. The van der Waals surface area contributed by atoms with Gasteiger partial charge < -0.3 is 10.8 Å². The highest BCUT2D eigenvalue weighted by molar-refractivity contribution is 5.73. The van der Waals surface area contributed by atoms with Crippen molar-refractivity contribution in [3.8, 4) is 0 Å². The molecule has 0 aromatic heterocycles. The number of carbonyl (C=O) groups is 1. The van der Waals surface area contributed by atoms with Gasteiger partial charge in [-0.3, -0.25) is 4.79 Å². The molecule has 0 aliphatic carbocycles. The highest BCUT2D eigenvalue weighted by atomic mass is 16.4. The van der Waals surface area contributed by atoms with Gasteiger partial charge in [-0.15, -0.1) is 0 Å². The third-order valence-electron chi connectivity index (χ3n) is 2.30. The minimum atomic E-state index is -0.948. The summed E-state index contributed by atoms with van der Waals surface area (Å²) in [5.74, 6) is -0.948. The SMILES string of the molecule is CCCc1cccc(C[C@H](N)C(=O)O)c1. The lowest BCUT2D eigenvalue weighted by molar-refractivity contribution is -0.138. The fourth-order valence-corrected chi connectivity index (χ4v) is 1.54. The highest BCUT2D eigenvalue weighted by Crippen LogP contribution is 2.09. The molecule has 0 saturated heterocycles. The van der Waals surface area contributed by atoms with Crippen molar-refractivity contribution in [2.24, 2.45) is 5.73 Å². The third-order valence-corrected chi connectivity index (χ3v) is 2.30. The average molecular weight is 207 g/mol. The van der Waals surface area contributed by atoms with Gasteiger partial charge in [-0.05, 0) is 24.0 Å². The molecule has 0 bridgehead atoms. The Hall–Kier alpha value is -1.35. The molecule has 3 heteroatoms. The first-order chi connectivity index (χ1) is 7.13. The Labute approximate surface area is 89.9 Å². The van der Waals surface area contributed by atoms with E-state index in [1.807, 2.05) is 18.2 Å². The van der Waals surface area contributed by atoms with E-state index in [1.165, 1.54) is 5.56 Å². The van der Waals surface area contributed by atoms with E-state index < -0.39 is 12.0 Å². The second kappa shape index (κ2) is 5.51. The Morgan fingerprint density at radius 1 is 1.47 bits per heavy atom. The molecule has 15 heavy (non-hydrogen) atoms. The predicted octanol–water partition coefficient (Wildman–Crippen LogP) is 1.59.